The second-order valence-electron chi connectivity index (χ2n) is 2.73. The third-order valence-electron chi connectivity index (χ3n) is 2.03. The van der Waals surface area contributed by atoms with Crippen molar-refractivity contribution in [2.45, 2.75) is 13.8 Å². The van der Waals surface area contributed by atoms with Crippen LogP contribution in [-0.2, 0) is 0 Å². The van der Waals surface area contributed by atoms with Gasteiger partial charge in [-0.25, -0.2) is 0 Å². The van der Waals surface area contributed by atoms with E-state index in [-0.39, 0.29) is 0 Å². The maximum absolute atomic E-state index is 5.66. The van der Waals surface area contributed by atoms with Crippen molar-refractivity contribution in [3.05, 3.63) is 17.5 Å². The lowest BCUT2D eigenvalue weighted by molar-refractivity contribution is 0.920. The Hall–Kier alpha value is -1.65. The van der Waals surface area contributed by atoms with E-state index < -0.39 is 0 Å². The molecule has 2 aromatic heterocycles. The van der Waals surface area contributed by atoms with Crippen LogP contribution in [-0.4, -0.2) is 19.8 Å². The molecule has 0 unspecified atom stereocenters. The molecule has 2 rings (SSSR count). The molecule has 5 heteroatoms. The Labute approximate surface area is 69.2 Å². The summed E-state index contributed by atoms with van der Waals surface area (Å²) < 4.78 is 1.58. The molecule has 0 aromatic carbocycles. The van der Waals surface area contributed by atoms with Crippen LogP contribution in [0, 0.1) is 13.8 Å². The summed E-state index contributed by atoms with van der Waals surface area (Å²) in [7, 11) is 0. The fourth-order valence-corrected chi connectivity index (χ4v) is 1.10. The van der Waals surface area contributed by atoms with Crippen molar-refractivity contribution in [1.82, 2.24) is 19.8 Å². The molecule has 12 heavy (non-hydrogen) atoms. The van der Waals surface area contributed by atoms with Crippen LogP contribution >= 0.6 is 0 Å². The van der Waals surface area contributed by atoms with Crippen molar-refractivity contribution < 1.29 is 0 Å². The van der Waals surface area contributed by atoms with Crippen molar-refractivity contribution in [3.8, 4) is 0 Å². The van der Waals surface area contributed by atoms with Gasteiger partial charge in [0.25, 0.3) is 0 Å². The highest BCUT2D eigenvalue weighted by Gasteiger charge is 2.06. The molecule has 0 atom stereocenters. The van der Waals surface area contributed by atoms with E-state index in [4.69, 9.17) is 5.73 Å². The Morgan fingerprint density at radius 1 is 1.33 bits per heavy atom. The summed E-state index contributed by atoms with van der Waals surface area (Å²) in [6.45, 7) is 3.88. The van der Waals surface area contributed by atoms with E-state index in [1.165, 1.54) is 6.33 Å². The van der Waals surface area contributed by atoms with Crippen molar-refractivity contribution in [3.63, 3.8) is 0 Å². The first-order chi connectivity index (χ1) is 5.70. The quantitative estimate of drug-likeness (QED) is 0.607. The zero-order valence-electron chi connectivity index (χ0n) is 6.94. The number of aromatic nitrogens is 4. The second kappa shape index (κ2) is 2.17. The molecular formula is C7H9N5. The number of nitrogens with two attached hydrogens (primary N) is 1. The molecule has 0 saturated carbocycles. The third kappa shape index (κ3) is 0.761. The number of hydrogen-bond acceptors (Lipinski definition) is 4. The summed E-state index contributed by atoms with van der Waals surface area (Å²) in [5, 5.41) is 11.7. The van der Waals surface area contributed by atoms with E-state index in [0.717, 1.165) is 16.8 Å². The number of nitrogens with zero attached hydrogens (tertiary/aromatic N) is 4. The highest BCUT2D eigenvalue weighted by molar-refractivity contribution is 5.55. The topological polar surface area (TPSA) is 69.1 Å². The van der Waals surface area contributed by atoms with E-state index in [0.29, 0.717) is 5.82 Å². The highest BCUT2D eigenvalue weighted by Crippen LogP contribution is 2.15. The summed E-state index contributed by atoms with van der Waals surface area (Å²) in [6.07, 6.45) is 1.54. The summed E-state index contributed by atoms with van der Waals surface area (Å²) in [4.78, 5) is 0. The van der Waals surface area contributed by atoms with Gasteiger partial charge in [0.1, 0.15) is 12.1 Å². The van der Waals surface area contributed by atoms with E-state index in [2.05, 4.69) is 15.3 Å². The first kappa shape index (κ1) is 7.02. The summed E-state index contributed by atoms with van der Waals surface area (Å²) >= 11 is 0. The fraction of sp³-hybridized carbons (Fsp3) is 0.286. The number of nitrogen functional groups attached to an aromatic ring is 1. The predicted molar refractivity (Wildman–Crippen MR) is 44.7 cm³/mol. The predicted octanol–water partition coefficient (Wildman–Crippen LogP) is 0.323. The van der Waals surface area contributed by atoms with Crippen LogP contribution in [0.3, 0.4) is 0 Å². The van der Waals surface area contributed by atoms with Crippen molar-refractivity contribution in [1.29, 1.82) is 0 Å². The molecule has 2 heterocycles. The first-order valence-electron chi connectivity index (χ1n) is 3.63. The maximum atomic E-state index is 5.66. The standard InChI is InChI=1S/C7H9N5/c1-4-5(2)7-10-9-3-12(7)11-6(4)8/h3H,1-2H3,(H2,8,11). The molecule has 0 aliphatic rings. The van der Waals surface area contributed by atoms with Crippen molar-refractivity contribution in [2.24, 2.45) is 0 Å². The second-order valence-corrected chi connectivity index (χ2v) is 2.73. The SMILES string of the molecule is Cc1c(N)nn2cnnc2c1C. The molecule has 0 aliphatic carbocycles. The molecule has 0 spiro atoms. The van der Waals surface area contributed by atoms with Crippen molar-refractivity contribution in [2.75, 3.05) is 5.73 Å². The van der Waals surface area contributed by atoms with Gasteiger partial charge >= 0.3 is 0 Å². The van der Waals surface area contributed by atoms with E-state index in [1.54, 1.807) is 4.52 Å². The molecule has 0 aliphatic heterocycles. The Bertz CT molecular complexity index is 431. The minimum atomic E-state index is 0.528. The Morgan fingerprint density at radius 2 is 2.08 bits per heavy atom. The molecule has 0 bridgehead atoms. The number of rotatable bonds is 0. The third-order valence-corrected chi connectivity index (χ3v) is 2.03. The number of aryl methyl sites for hydroxylation is 1. The molecule has 0 fully saturated rings. The average molecular weight is 163 g/mol. The molecular weight excluding hydrogens is 154 g/mol. The van der Waals surface area contributed by atoms with E-state index in [9.17, 15) is 0 Å². The lowest BCUT2D eigenvalue weighted by atomic mass is 10.2. The normalized spacial score (nSPS) is 10.8. The van der Waals surface area contributed by atoms with Gasteiger partial charge in [-0.3, -0.25) is 0 Å². The van der Waals surface area contributed by atoms with Gasteiger partial charge in [-0.2, -0.15) is 4.52 Å². The molecule has 5 nitrogen and oxygen atoms in total. The van der Waals surface area contributed by atoms with E-state index in [1.807, 2.05) is 13.8 Å². The van der Waals surface area contributed by atoms with Gasteiger partial charge in [0.05, 0.1) is 0 Å². The van der Waals surface area contributed by atoms with Crippen LogP contribution in [0.25, 0.3) is 5.65 Å². The summed E-state index contributed by atoms with van der Waals surface area (Å²) in [5.41, 5.74) is 8.42. The molecule has 2 aromatic rings. The monoisotopic (exact) mass is 163 g/mol. The molecule has 0 radical (unpaired) electrons. The van der Waals surface area contributed by atoms with Crippen LogP contribution in [0.15, 0.2) is 6.33 Å². The van der Waals surface area contributed by atoms with Crippen LogP contribution < -0.4 is 5.73 Å². The van der Waals surface area contributed by atoms with Gasteiger partial charge in [0.15, 0.2) is 5.65 Å². The Balaban J connectivity index is 2.94. The zero-order chi connectivity index (χ0) is 8.72. The van der Waals surface area contributed by atoms with Crippen LogP contribution in [0.4, 0.5) is 5.82 Å². The molecule has 62 valence electrons. The molecule has 2 N–H and O–H groups in total. The van der Waals surface area contributed by atoms with Gasteiger partial charge in [0.2, 0.25) is 0 Å². The number of hydrogen-bond donors (Lipinski definition) is 1. The van der Waals surface area contributed by atoms with Gasteiger partial charge in [-0.15, -0.1) is 15.3 Å². The average Bonchev–Trinajstić information content (AvgIpc) is 2.48. The lowest BCUT2D eigenvalue weighted by Gasteiger charge is -2.03. The zero-order valence-corrected chi connectivity index (χ0v) is 6.94. The van der Waals surface area contributed by atoms with Gasteiger partial charge < -0.3 is 5.73 Å². The largest absolute Gasteiger partial charge is 0.382 e. The van der Waals surface area contributed by atoms with Crippen LogP contribution in [0.2, 0.25) is 0 Å². The first-order valence-corrected chi connectivity index (χ1v) is 3.63. The number of fused-ring (bicyclic) bond motifs is 1. The van der Waals surface area contributed by atoms with Crippen LogP contribution in [0.5, 0.6) is 0 Å². The molecule has 0 amide bonds. The summed E-state index contributed by atoms with van der Waals surface area (Å²) in [5.74, 6) is 0.528. The highest BCUT2D eigenvalue weighted by atomic mass is 15.3. The number of anilines is 1. The Kier molecular flexibility index (Phi) is 1.27. The smallest absolute Gasteiger partial charge is 0.180 e. The van der Waals surface area contributed by atoms with E-state index >= 15 is 0 Å². The fourth-order valence-electron chi connectivity index (χ4n) is 1.10. The Morgan fingerprint density at radius 3 is 2.83 bits per heavy atom. The van der Waals surface area contributed by atoms with Crippen molar-refractivity contribution >= 4 is 11.5 Å². The summed E-state index contributed by atoms with van der Waals surface area (Å²) in [6, 6.07) is 0. The minimum Gasteiger partial charge on any atom is -0.382 e. The van der Waals surface area contributed by atoms with Gasteiger partial charge in [0, 0.05) is 5.56 Å². The van der Waals surface area contributed by atoms with Gasteiger partial charge in [-0.1, -0.05) is 0 Å². The minimum absolute atomic E-state index is 0.528. The lowest BCUT2D eigenvalue weighted by Crippen LogP contribution is -2.02. The maximum Gasteiger partial charge on any atom is 0.180 e. The van der Waals surface area contributed by atoms with Crippen LogP contribution in [0.1, 0.15) is 11.1 Å². The molecule has 0 saturated heterocycles. The van der Waals surface area contributed by atoms with Gasteiger partial charge in [-0.05, 0) is 19.4 Å².